The maximum atomic E-state index is 13.1. The second kappa shape index (κ2) is 11.2. The van der Waals surface area contributed by atoms with Gasteiger partial charge in [0, 0.05) is 11.9 Å². The third kappa shape index (κ3) is 5.56. The van der Waals surface area contributed by atoms with Crippen molar-refractivity contribution in [2.75, 3.05) is 20.8 Å². The standard InChI is InChI=1S/C25H29N3O4/c1-31-22-12-6-10-18-14-20(23(32-2)15-19(18)22)24(29)28-21(11-7-13-26)25(30)27-16-17-8-4-3-5-9-17/h3-6,8-10,12,14-15,21H,7,11,13,16,26H2,1-2H3,(H,27,30)(H,28,29)/t21-/m0/s1. The SMILES string of the molecule is COc1cc2c(OC)cccc2cc1C(=O)N[C@@H](CCCN)C(=O)NCc1ccccc1. The van der Waals surface area contributed by atoms with Crippen LogP contribution in [0, 0.1) is 0 Å². The second-order valence-electron chi connectivity index (χ2n) is 7.39. The number of nitrogens with one attached hydrogen (secondary N) is 2. The summed E-state index contributed by atoms with van der Waals surface area (Å²) < 4.78 is 10.9. The maximum absolute atomic E-state index is 13.1. The topological polar surface area (TPSA) is 103 Å². The highest BCUT2D eigenvalue weighted by molar-refractivity contribution is 6.04. The van der Waals surface area contributed by atoms with Crippen molar-refractivity contribution < 1.29 is 19.1 Å². The molecule has 168 valence electrons. The lowest BCUT2D eigenvalue weighted by molar-refractivity contribution is -0.123. The molecule has 7 nitrogen and oxygen atoms in total. The van der Waals surface area contributed by atoms with E-state index in [-0.39, 0.29) is 11.8 Å². The lowest BCUT2D eigenvalue weighted by atomic mass is 10.0. The molecule has 0 aromatic heterocycles. The van der Waals surface area contributed by atoms with Gasteiger partial charge in [0.2, 0.25) is 5.91 Å². The third-order valence-corrected chi connectivity index (χ3v) is 5.25. The summed E-state index contributed by atoms with van der Waals surface area (Å²) in [4.78, 5) is 26.0. The molecule has 3 rings (SSSR count). The Morgan fingerprint density at radius 3 is 2.41 bits per heavy atom. The first kappa shape index (κ1) is 23.1. The Labute approximate surface area is 187 Å². The number of fused-ring (bicyclic) bond motifs is 1. The Kier molecular flexibility index (Phi) is 8.05. The van der Waals surface area contributed by atoms with Crippen LogP contribution >= 0.6 is 0 Å². The molecule has 7 heteroatoms. The molecular weight excluding hydrogens is 406 g/mol. The van der Waals surface area contributed by atoms with Crippen molar-refractivity contribution in [1.82, 2.24) is 10.6 Å². The van der Waals surface area contributed by atoms with Gasteiger partial charge in [-0.15, -0.1) is 0 Å². The van der Waals surface area contributed by atoms with E-state index in [1.165, 1.54) is 7.11 Å². The van der Waals surface area contributed by atoms with Crippen LogP contribution in [0.25, 0.3) is 10.8 Å². The van der Waals surface area contributed by atoms with E-state index in [0.717, 1.165) is 16.3 Å². The first-order valence-corrected chi connectivity index (χ1v) is 10.5. The van der Waals surface area contributed by atoms with Crippen molar-refractivity contribution in [1.29, 1.82) is 0 Å². The zero-order valence-corrected chi connectivity index (χ0v) is 18.4. The molecule has 1 atom stereocenters. The average molecular weight is 436 g/mol. The summed E-state index contributed by atoms with van der Waals surface area (Å²) in [5.41, 5.74) is 6.97. The van der Waals surface area contributed by atoms with Gasteiger partial charge in [-0.25, -0.2) is 0 Å². The van der Waals surface area contributed by atoms with Gasteiger partial charge in [-0.1, -0.05) is 42.5 Å². The number of hydrogen-bond acceptors (Lipinski definition) is 5. The highest BCUT2D eigenvalue weighted by atomic mass is 16.5. The lowest BCUT2D eigenvalue weighted by Crippen LogP contribution is -2.46. The molecule has 0 unspecified atom stereocenters. The van der Waals surface area contributed by atoms with Crippen molar-refractivity contribution in [3.8, 4) is 11.5 Å². The van der Waals surface area contributed by atoms with Crippen LogP contribution in [0.4, 0.5) is 0 Å². The van der Waals surface area contributed by atoms with E-state index in [4.69, 9.17) is 15.2 Å². The summed E-state index contributed by atoms with van der Waals surface area (Å²) in [5, 5.41) is 7.42. The van der Waals surface area contributed by atoms with Gasteiger partial charge in [0.25, 0.3) is 5.91 Å². The van der Waals surface area contributed by atoms with E-state index in [1.54, 1.807) is 19.2 Å². The molecule has 0 fully saturated rings. The number of ether oxygens (including phenoxy) is 2. The fourth-order valence-corrected chi connectivity index (χ4v) is 3.54. The first-order valence-electron chi connectivity index (χ1n) is 10.5. The van der Waals surface area contributed by atoms with Gasteiger partial charge in [-0.05, 0) is 48.5 Å². The summed E-state index contributed by atoms with van der Waals surface area (Å²) in [6.45, 7) is 0.811. The number of methoxy groups -OCH3 is 2. The van der Waals surface area contributed by atoms with Crippen LogP contribution in [0.5, 0.6) is 11.5 Å². The van der Waals surface area contributed by atoms with Crippen molar-refractivity contribution in [2.24, 2.45) is 5.73 Å². The van der Waals surface area contributed by atoms with E-state index in [2.05, 4.69) is 10.6 Å². The molecule has 3 aromatic carbocycles. The van der Waals surface area contributed by atoms with Crippen molar-refractivity contribution in [3.05, 3.63) is 71.8 Å². The molecule has 0 saturated carbocycles. The average Bonchev–Trinajstić information content (AvgIpc) is 2.84. The molecular formula is C25H29N3O4. The highest BCUT2D eigenvalue weighted by Crippen LogP contribution is 2.32. The van der Waals surface area contributed by atoms with E-state index in [0.29, 0.717) is 43.0 Å². The molecule has 0 saturated heterocycles. The predicted octanol–water partition coefficient (Wildman–Crippen LogP) is 3.01. The highest BCUT2D eigenvalue weighted by Gasteiger charge is 2.23. The van der Waals surface area contributed by atoms with Crippen LogP contribution in [-0.4, -0.2) is 38.6 Å². The zero-order chi connectivity index (χ0) is 22.9. The van der Waals surface area contributed by atoms with Crippen LogP contribution in [0.1, 0.15) is 28.8 Å². The molecule has 0 heterocycles. The van der Waals surface area contributed by atoms with Gasteiger partial charge in [0.1, 0.15) is 17.5 Å². The van der Waals surface area contributed by atoms with Gasteiger partial charge < -0.3 is 25.8 Å². The van der Waals surface area contributed by atoms with Crippen LogP contribution < -0.4 is 25.8 Å². The van der Waals surface area contributed by atoms with Crippen molar-refractivity contribution >= 4 is 22.6 Å². The smallest absolute Gasteiger partial charge is 0.255 e. The quantitative estimate of drug-likeness (QED) is 0.454. The Hall–Kier alpha value is -3.58. The molecule has 0 aliphatic heterocycles. The molecule has 2 amide bonds. The summed E-state index contributed by atoms with van der Waals surface area (Å²) in [5.74, 6) is 0.455. The van der Waals surface area contributed by atoms with Gasteiger partial charge in [0.05, 0.1) is 19.8 Å². The maximum Gasteiger partial charge on any atom is 0.255 e. The molecule has 0 bridgehead atoms. The minimum atomic E-state index is -0.708. The second-order valence-corrected chi connectivity index (χ2v) is 7.39. The van der Waals surface area contributed by atoms with Gasteiger partial charge in [-0.3, -0.25) is 9.59 Å². The molecule has 0 aliphatic carbocycles. The van der Waals surface area contributed by atoms with Crippen LogP contribution in [-0.2, 0) is 11.3 Å². The Balaban J connectivity index is 1.80. The number of rotatable bonds is 10. The number of carbonyl (C=O) groups is 2. The summed E-state index contributed by atoms with van der Waals surface area (Å²) in [6, 6.07) is 18.0. The van der Waals surface area contributed by atoms with E-state index in [1.807, 2.05) is 48.5 Å². The van der Waals surface area contributed by atoms with Gasteiger partial charge >= 0.3 is 0 Å². The molecule has 3 aromatic rings. The van der Waals surface area contributed by atoms with Gasteiger partial charge in [-0.2, -0.15) is 0 Å². The number of benzene rings is 3. The molecule has 0 spiro atoms. The van der Waals surface area contributed by atoms with E-state index in [9.17, 15) is 9.59 Å². The summed E-state index contributed by atoms with van der Waals surface area (Å²) >= 11 is 0. The van der Waals surface area contributed by atoms with Crippen molar-refractivity contribution in [3.63, 3.8) is 0 Å². The summed E-state index contributed by atoms with van der Waals surface area (Å²) in [7, 11) is 3.10. The first-order chi connectivity index (χ1) is 15.6. The Bertz CT molecular complexity index is 1070. The minimum Gasteiger partial charge on any atom is -0.496 e. The van der Waals surface area contributed by atoms with E-state index >= 15 is 0 Å². The minimum absolute atomic E-state index is 0.253. The number of hydrogen-bond donors (Lipinski definition) is 3. The fraction of sp³-hybridized carbons (Fsp3) is 0.280. The Morgan fingerprint density at radius 1 is 0.969 bits per heavy atom. The monoisotopic (exact) mass is 435 g/mol. The number of carbonyl (C=O) groups excluding carboxylic acids is 2. The lowest BCUT2D eigenvalue weighted by Gasteiger charge is -2.19. The molecule has 0 aliphatic rings. The van der Waals surface area contributed by atoms with Crippen LogP contribution in [0.3, 0.4) is 0 Å². The van der Waals surface area contributed by atoms with E-state index < -0.39 is 6.04 Å². The molecule has 4 N–H and O–H groups in total. The number of amides is 2. The zero-order valence-electron chi connectivity index (χ0n) is 18.4. The van der Waals surface area contributed by atoms with Gasteiger partial charge in [0.15, 0.2) is 0 Å². The molecule has 0 radical (unpaired) electrons. The van der Waals surface area contributed by atoms with Crippen molar-refractivity contribution in [2.45, 2.75) is 25.4 Å². The number of nitrogens with two attached hydrogens (primary N) is 1. The largest absolute Gasteiger partial charge is 0.496 e. The van der Waals surface area contributed by atoms with Crippen LogP contribution in [0.15, 0.2) is 60.7 Å². The van der Waals surface area contributed by atoms with Crippen LogP contribution in [0.2, 0.25) is 0 Å². The normalized spacial score (nSPS) is 11.6. The molecule has 32 heavy (non-hydrogen) atoms. The predicted molar refractivity (Wildman–Crippen MR) is 125 cm³/mol. The fourth-order valence-electron chi connectivity index (χ4n) is 3.54. The third-order valence-electron chi connectivity index (χ3n) is 5.25. The Morgan fingerprint density at radius 2 is 1.72 bits per heavy atom. The summed E-state index contributed by atoms with van der Waals surface area (Å²) in [6.07, 6.45) is 1.04.